The Morgan fingerprint density at radius 3 is 2.48 bits per heavy atom. The Labute approximate surface area is 157 Å². The van der Waals surface area contributed by atoms with Gasteiger partial charge in [0.2, 0.25) is 0 Å². The van der Waals surface area contributed by atoms with E-state index in [1.807, 2.05) is 17.9 Å². The van der Waals surface area contributed by atoms with Gasteiger partial charge >= 0.3 is 0 Å². The summed E-state index contributed by atoms with van der Waals surface area (Å²) in [5.41, 5.74) is 5.06. The van der Waals surface area contributed by atoms with Gasteiger partial charge in [0, 0.05) is 13.1 Å². The maximum Gasteiger partial charge on any atom is 0.282 e. The van der Waals surface area contributed by atoms with Crippen LogP contribution >= 0.6 is 0 Å². The number of rotatable bonds is 3. The first kappa shape index (κ1) is 17.3. The third kappa shape index (κ3) is 3.18. The zero-order chi connectivity index (χ0) is 19.0. The van der Waals surface area contributed by atoms with Crippen LogP contribution in [0.4, 0.5) is 15.8 Å². The highest BCUT2D eigenvalue weighted by atomic mass is 19.1. The zero-order valence-electron chi connectivity index (χ0n) is 15.0. The minimum Gasteiger partial charge on any atom is -0.369 e. The third-order valence-electron chi connectivity index (χ3n) is 4.99. The lowest BCUT2D eigenvalue weighted by Crippen LogP contribution is -2.35. The van der Waals surface area contributed by atoms with E-state index in [9.17, 15) is 14.0 Å². The average Bonchev–Trinajstić information content (AvgIpc) is 3.29. The lowest BCUT2D eigenvalue weighted by atomic mass is 10.0. The van der Waals surface area contributed by atoms with Crippen LogP contribution in [-0.4, -0.2) is 24.9 Å². The number of nitrogens with one attached hydrogen (secondary N) is 1. The number of benzene rings is 2. The van der Waals surface area contributed by atoms with Crippen molar-refractivity contribution in [1.29, 1.82) is 0 Å². The van der Waals surface area contributed by atoms with Gasteiger partial charge in [-0.3, -0.25) is 15.0 Å². The SMILES string of the molecule is Cc1cc(N2CCCC2)c(F)cc1/C=C1/C(=O)NN(c2ccccc2)C1=O. The maximum absolute atomic E-state index is 14.6. The summed E-state index contributed by atoms with van der Waals surface area (Å²) >= 11 is 0. The first-order valence-electron chi connectivity index (χ1n) is 9.02. The first-order valence-corrected chi connectivity index (χ1v) is 9.02. The second-order valence-electron chi connectivity index (χ2n) is 6.83. The molecule has 2 amide bonds. The van der Waals surface area contributed by atoms with Gasteiger partial charge in [-0.25, -0.2) is 9.40 Å². The number of carbonyl (C=O) groups is 2. The molecule has 0 bridgehead atoms. The van der Waals surface area contributed by atoms with Gasteiger partial charge in [0.25, 0.3) is 11.8 Å². The van der Waals surface area contributed by atoms with Gasteiger partial charge in [0.1, 0.15) is 11.4 Å². The molecule has 1 N–H and O–H groups in total. The number of anilines is 2. The summed E-state index contributed by atoms with van der Waals surface area (Å²) in [6, 6.07) is 12.1. The number of para-hydroxylation sites is 1. The van der Waals surface area contributed by atoms with Crippen molar-refractivity contribution in [2.24, 2.45) is 0 Å². The second kappa shape index (κ2) is 6.87. The van der Waals surface area contributed by atoms with Crippen molar-refractivity contribution in [1.82, 2.24) is 5.43 Å². The molecule has 0 spiro atoms. The molecule has 0 atom stereocenters. The topological polar surface area (TPSA) is 52.7 Å². The van der Waals surface area contributed by atoms with E-state index in [2.05, 4.69) is 5.43 Å². The summed E-state index contributed by atoms with van der Waals surface area (Å²) in [6.45, 7) is 3.56. The van der Waals surface area contributed by atoms with E-state index < -0.39 is 11.8 Å². The van der Waals surface area contributed by atoms with E-state index in [4.69, 9.17) is 0 Å². The molecular formula is C21H20FN3O2. The molecule has 0 unspecified atom stereocenters. The molecule has 4 rings (SSSR count). The van der Waals surface area contributed by atoms with Gasteiger partial charge in [-0.05, 0) is 61.2 Å². The Balaban J connectivity index is 1.66. The number of halogens is 1. The highest BCUT2D eigenvalue weighted by molar-refractivity contribution is 6.31. The lowest BCUT2D eigenvalue weighted by Gasteiger charge is -2.19. The minimum atomic E-state index is -0.493. The highest BCUT2D eigenvalue weighted by Gasteiger charge is 2.34. The molecule has 2 aliphatic rings. The fourth-order valence-corrected chi connectivity index (χ4v) is 3.51. The van der Waals surface area contributed by atoms with Gasteiger partial charge in [-0.2, -0.15) is 0 Å². The molecule has 2 aromatic carbocycles. The van der Waals surface area contributed by atoms with Crippen LogP contribution in [0.3, 0.4) is 0 Å². The molecule has 2 heterocycles. The first-order chi connectivity index (χ1) is 13.0. The van der Waals surface area contributed by atoms with Gasteiger partial charge in [-0.1, -0.05) is 18.2 Å². The summed E-state index contributed by atoms with van der Waals surface area (Å²) < 4.78 is 14.6. The summed E-state index contributed by atoms with van der Waals surface area (Å²) in [6.07, 6.45) is 3.59. The average molecular weight is 365 g/mol. The molecule has 0 radical (unpaired) electrons. The van der Waals surface area contributed by atoms with Crippen molar-refractivity contribution >= 4 is 29.3 Å². The van der Waals surface area contributed by atoms with E-state index in [1.165, 1.54) is 17.2 Å². The van der Waals surface area contributed by atoms with Crippen molar-refractivity contribution in [3.8, 4) is 0 Å². The zero-order valence-corrected chi connectivity index (χ0v) is 15.0. The summed E-state index contributed by atoms with van der Waals surface area (Å²) in [7, 11) is 0. The van der Waals surface area contributed by atoms with E-state index in [1.54, 1.807) is 30.3 Å². The lowest BCUT2D eigenvalue weighted by molar-refractivity contribution is -0.117. The second-order valence-corrected chi connectivity index (χ2v) is 6.83. The largest absolute Gasteiger partial charge is 0.369 e. The number of amides is 2. The van der Waals surface area contributed by atoms with Gasteiger partial charge < -0.3 is 4.90 Å². The quantitative estimate of drug-likeness (QED) is 0.671. The van der Waals surface area contributed by atoms with E-state index >= 15 is 0 Å². The van der Waals surface area contributed by atoms with Crippen molar-refractivity contribution in [2.75, 3.05) is 23.0 Å². The van der Waals surface area contributed by atoms with Crippen LogP contribution in [0, 0.1) is 12.7 Å². The monoisotopic (exact) mass is 365 g/mol. The number of nitrogens with zero attached hydrogens (tertiary/aromatic N) is 2. The van der Waals surface area contributed by atoms with E-state index in [-0.39, 0.29) is 11.4 Å². The molecule has 0 aliphatic carbocycles. The fourth-order valence-electron chi connectivity index (χ4n) is 3.51. The highest BCUT2D eigenvalue weighted by Crippen LogP contribution is 2.29. The molecule has 2 saturated heterocycles. The van der Waals surface area contributed by atoms with Gasteiger partial charge in [0.05, 0.1) is 11.4 Å². The molecule has 0 aromatic heterocycles. The maximum atomic E-state index is 14.6. The molecule has 2 aliphatic heterocycles. The van der Waals surface area contributed by atoms with Crippen LogP contribution in [-0.2, 0) is 9.59 Å². The minimum absolute atomic E-state index is 0.00437. The standard InChI is InChI=1S/C21H20FN3O2/c1-14-11-19(24-9-5-6-10-24)18(22)13-15(14)12-17-20(26)23-25(21(17)27)16-7-3-2-4-8-16/h2-4,7-8,11-13H,5-6,9-10H2,1H3,(H,23,26)/b17-12-. The molecule has 2 fully saturated rings. The van der Waals surface area contributed by atoms with Gasteiger partial charge in [-0.15, -0.1) is 0 Å². The Hall–Kier alpha value is -3.15. The molecule has 0 saturated carbocycles. The summed E-state index contributed by atoms with van der Waals surface area (Å²) in [4.78, 5) is 27.0. The van der Waals surface area contributed by atoms with Gasteiger partial charge in [0.15, 0.2) is 0 Å². The van der Waals surface area contributed by atoms with E-state index in [0.29, 0.717) is 16.9 Å². The van der Waals surface area contributed by atoms with Crippen LogP contribution in [0.15, 0.2) is 48.0 Å². The predicted octanol–water partition coefficient (Wildman–Crippen LogP) is 3.20. The Morgan fingerprint density at radius 1 is 1.07 bits per heavy atom. The Bertz CT molecular complexity index is 934. The van der Waals surface area contributed by atoms with Crippen molar-refractivity contribution in [3.05, 3.63) is 65.0 Å². The summed E-state index contributed by atoms with van der Waals surface area (Å²) in [5, 5.41) is 1.21. The van der Waals surface area contributed by atoms with Crippen molar-refractivity contribution < 1.29 is 14.0 Å². The number of hydrogen-bond donors (Lipinski definition) is 1. The predicted molar refractivity (Wildman–Crippen MR) is 103 cm³/mol. The van der Waals surface area contributed by atoms with Crippen molar-refractivity contribution in [3.63, 3.8) is 0 Å². The molecule has 6 heteroatoms. The molecule has 2 aromatic rings. The van der Waals surface area contributed by atoms with Crippen LogP contribution in [0.2, 0.25) is 0 Å². The van der Waals surface area contributed by atoms with E-state index in [0.717, 1.165) is 31.5 Å². The van der Waals surface area contributed by atoms with Crippen LogP contribution in [0.25, 0.3) is 6.08 Å². The molecule has 5 nitrogen and oxygen atoms in total. The third-order valence-corrected chi connectivity index (χ3v) is 4.99. The van der Waals surface area contributed by atoms with Crippen molar-refractivity contribution in [2.45, 2.75) is 19.8 Å². The Kier molecular flexibility index (Phi) is 4.39. The molecule has 27 heavy (non-hydrogen) atoms. The van der Waals surface area contributed by atoms with Crippen LogP contribution < -0.4 is 15.3 Å². The number of hydrogen-bond acceptors (Lipinski definition) is 3. The molecular weight excluding hydrogens is 345 g/mol. The number of hydrazine groups is 1. The smallest absolute Gasteiger partial charge is 0.282 e. The van der Waals surface area contributed by atoms with Crippen LogP contribution in [0.5, 0.6) is 0 Å². The number of carbonyl (C=O) groups excluding carboxylic acids is 2. The number of aryl methyl sites for hydroxylation is 1. The fraction of sp³-hybridized carbons (Fsp3) is 0.238. The Morgan fingerprint density at radius 2 is 1.78 bits per heavy atom. The normalized spacial score (nSPS) is 18.5. The van der Waals surface area contributed by atoms with Crippen LogP contribution in [0.1, 0.15) is 24.0 Å². The molecule has 138 valence electrons. The summed E-state index contributed by atoms with van der Waals surface area (Å²) in [5.74, 6) is -1.28.